The van der Waals surface area contributed by atoms with Crippen LogP contribution in [0.25, 0.3) is 65.7 Å². The normalized spacial score (nSPS) is 14.7. The van der Waals surface area contributed by atoms with E-state index in [1.807, 2.05) is 0 Å². The number of rotatable bonds is 2. The van der Waals surface area contributed by atoms with Crippen LogP contribution in [0.15, 0.2) is 105 Å². The maximum atomic E-state index is 11.6. The molecule has 44 heavy (non-hydrogen) atoms. The molecule has 0 bridgehead atoms. The standard InChI is InChI=1S/C40H33O3P/c41-44-42-39-35(33-21-9-15-25-11-1-5-17-29(25)33)23-27-13-3-7-19-31(27)37(39)38-32-20-8-4-14-28(32)24-36(40(38)43-44)34-22-10-16-26-12-2-6-18-30(26)34/h1-2,5-6,9-12,15-18,21-24,41H,3-4,7-8,13-14,19-20H2. The monoisotopic (exact) mass is 592 g/mol. The van der Waals surface area contributed by atoms with Crippen molar-refractivity contribution in [3.05, 3.63) is 119 Å². The summed E-state index contributed by atoms with van der Waals surface area (Å²) in [6, 6.07) is 34.8. The van der Waals surface area contributed by atoms with E-state index in [1.165, 1.54) is 56.6 Å². The van der Waals surface area contributed by atoms with E-state index in [0.717, 1.165) is 82.7 Å². The van der Waals surface area contributed by atoms with Gasteiger partial charge in [-0.1, -0.05) is 84.9 Å². The lowest BCUT2D eigenvalue weighted by molar-refractivity contribution is 0.496. The zero-order valence-electron chi connectivity index (χ0n) is 24.6. The summed E-state index contributed by atoms with van der Waals surface area (Å²) in [7, 11) is -2.22. The van der Waals surface area contributed by atoms with E-state index in [9.17, 15) is 4.89 Å². The highest BCUT2D eigenvalue weighted by molar-refractivity contribution is 7.30. The highest BCUT2D eigenvalue weighted by atomic mass is 31.1. The van der Waals surface area contributed by atoms with Gasteiger partial charge in [-0.3, -0.25) is 4.89 Å². The van der Waals surface area contributed by atoms with Crippen molar-refractivity contribution in [1.82, 2.24) is 0 Å². The summed E-state index contributed by atoms with van der Waals surface area (Å²) in [4.78, 5) is 11.6. The SMILES string of the molecule is Op1oc2c(-c3cccc4ccccc34)cc3c(c2c2c4c(cc(-c5cccc6ccccc56)c2o1)CCCC4)CCCC3. The Kier molecular flexibility index (Phi) is 6.18. The van der Waals surface area contributed by atoms with Gasteiger partial charge in [0.15, 0.2) is 11.2 Å². The Morgan fingerprint density at radius 2 is 0.909 bits per heavy atom. The fourth-order valence-corrected chi connectivity index (χ4v) is 8.71. The second-order valence-electron chi connectivity index (χ2n) is 12.4. The Morgan fingerprint density at radius 1 is 0.477 bits per heavy atom. The zero-order valence-corrected chi connectivity index (χ0v) is 25.5. The molecule has 216 valence electrons. The fourth-order valence-electron chi connectivity index (χ4n) is 7.98. The summed E-state index contributed by atoms with van der Waals surface area (Å²) < 4.78 is 13.2. The summed E-state index contributed by atoms with van der Waals surface area (Å²) >= 11 is 0. The maximum absolute atomic E-state index is 11.6. The van der Waals surface area contributed by atoms with Gasteiger partial charge in [-0.15, -0.1) is 0 Å². The summed E-state index contributed by atoms with van der Waals surface area (Å²) in [5.74, 6) is 0. The Labute approximate surface area is 257 Å². The first-order chi connectivity index (χ1) is 21.7. The van der Waals surface area contributed by atoms with Crippen LogP contribution < -0.4 is 0 Å². The van der Waals surface area contributed by atoms with Crippen molar-refractivity contribution in [3.63, 3.8) is 0 Å². The van der Waals surface area contributed by atoms with E-state index in [0.29, 0.717) is 0 Å². The van der Waals surface area contributed by atoms with Crippen molar-refractivity contribution in [1.29, 1.82) is 0 Å². The number of benzene rings is 6. The first kappa shape index (κ1) is 26.1. The summed E-state index contributed by atoms with van der Waals surface area (Å²) in [6.07, 6.45) is 8.80. The summed E-state index contributed by atoms with van der Waals surface area (Å²) in [6.45, 7) is 0. The van der Waals surface area contributed by atoms with E-state index < -0.39 is 8.24 Å². The van der Waals surface area contributed by atoms with Gasteiger partial charge < -0.3 is 8.39 Å². The van der Waals surface area contributed by atoms with Gasteiger partial charge in [0, 0.05) is 21.9 Å². The number of fused-ring (bicyclic) bond motifs is 9. The first-order valence-electron chi connectivity index (χ1n) is 15.9. The highest BCUT2D eigenvalue weighted by Gasteiger charge is 2.26. The molecule has 6 aromatic carbocycles. The van der Waals surface area contributed by atoms with Crippen LogP contribution in [-0.2, 0) is 25.7 Å². The molecule has 0 fully saturated rings. The molecule has 1 aromatic heterocycles. The van der Waals surface area contributed by atoms with Crippen molar-refractivity contribution in [3.8, 4) is 22.3 Å². The first-order valence-corrected chi connectivity index (χ1v) is 17.1. The molecule has 1 heterocycles. The van der Waals surface area contributed by atoms with E-state index in [1.54, 1.807) is 0 Å². The Bertz CT molecular complexity index is 2140. The van der Waals surface area contributed by atoms with Crippen LogP contribution >= 0.6 is 8.24 Å². The molecular formula is C40H33O3P. The van der Waals surface area contributed by atoms with Gasteiger partial charge in [0.05, 0.1) is 0 Å². The molecule has 7 aromatic rings. The third kappa shape index (κ3) is 4.07. The molecule has 0 saturated heterocycles. The Balaban J connectivity index is 1.51. The second kappa shape index (κ2) is 10.4. The van der Waals surface area contributed by atoms with E-state index >= 15 is 0 Å². The molecule has 2 aliphatic rings. The molecule has 9 rings (SSSR count). The predicted octanol–water partition coefficient (Wildman–Crippen LogP) is 11.4. The van der Waals surface area contributed by atoms with Gasteiger partial charge in [0.25, 0.3) is 0 Å². The average Bonchev–Trinajstić information content (AvgIpc) is 3.23. The number of hydrogen-bond acceptors (Lipinski definition) is 3. The minimum Gasteiger partial charge on any atom is -0.398 e. The lowest BCUT2D eigenvalue weighted by Crippen LogP contribution is -2.07. The topological polar surface area (TPSA) is 46.5 Å². The van der Waals surface area contributed by atoms with E-state index in [4.69, 9.17) is 8.39 Å². The van der Waals surface area contributed by atoms with Crippen LogP contribution in [0.1, 0.15) is 47.9 Å². The van der Waals surface area contributed by atoms with Crippen molar-refractivity contribution in [2.24, 2.45) is 0 Å². The van der Waals surface area contributed by atoms with Gasteiger partial charge in [-0.05, 0) is 118 Å². The van der Waals surface area contributed by atoms with Gasteiger partial charge >= 0.3 is 8.24 Å². The van der Waals surface area contributed by atoms with Gasteiger partial charge in [0.2, 0.25) is 0 Å². The van der Waals surface area contributed by atoms with Crippen molar-refractivity contribution >= 4 is 51.7 Å². The van der Waals surface area contributed by atoms with Crippen LogP contribution in [0.5, 0.6) is 0 Å². The molecule has 1 N–H and O–H groups in total. The lowest BCUT2D eigenvalue weighted by Gasteiger charge is -2.23. The largest absolute Gasteiger partial charge is 0.398 e. The lowest BCUT2D eigenvalue weighted by atomic mass is 9.80. The summed E-state index contributed by atoms with van der Waals surface area (Å²) in [5, 5.41) is 7.08. The fraction of sp³-hybridized carbons (Fsp3) is 0.200. The molecule has 0 radical (unpaired) electrons. The molecule has 0 unspecified atom stereocenters. The Morgan fingerprint density at radius 3 is 1.41 bits per heavy atom. The van der Waals surface area contributed by atoms with E-state index in [-0.39, 0.29) is 0 Å². The molecule has 0 spiro atoms. The highest BCUT2D eigenvalue weighted by Crippen LogP contribution is 2.48. The van der Waals surface area contributed by atoms with Crippen LogP contribution in [-0.4, -0.2) is 4.89 Å². The van der Waals surface area contributed by atoms with Gasteiger partial charge in [-0.25, -0.2) is 0 Å². The molecule has 2 aliphatic carbocycles. The molecule has 0 amide bonds. The molecule has 0 aliphatic heterocycles. The average molecular weight is 593 g/mol. The predicted molar refractivity (Wildman–Crippen MR) is 183 cm³/mol. The maximum Gasteiger partial charge on any atom is 0.384 e. The molecule has 3 nitrogen and oxygen atoms in total. The van der Waals surface area contributed by atoms with Crippen molar-refractivity contribution in [2.75, 3.05) is 0 Å². The minimum absolute atomic E-state index is 0.775. The van der Waals surface area contributed by atoms with Crippen LogP contribution in [0.2, 0.25) is 0 Å². The molecule has 4 heteroatoms. The second-order valence-corrected chi connectivity index (χ2v) is 13.3. The zero-order chi connectivity index (χ0) is 29.2. The smallest absolute Gasteiger partial charge is 0.384 e. The third-order valence-corrected chi connectivity index (χ3v) is 10.6. The van der Waals surface area contributed by atoms with Gasteiger partial charge in [0.1, 0.15) is 0 Å². The van der Waals surface area contributed by atoms with Crippen molar-refractivity contribution < 1.29 is 13.3 Å². The van der Waals surface area contributed by atoms with Crippen molar-refractivity contribution in [2.45, 2.75) is 51.4 Å². The van der Waals surface area contributed by atoms with Crippen LogP contribution in [0, 0.1) is 0 Å². The molecule has 0 saturated carbocycles. The van der Waals surface area contributed by atoms with Crippen LogP contribution in [0.3, 0.4) is 0 Å². The minimum atomic E-state index is -2.22. The van der Waals surface area contributed by atoms with Crippen LogP contribution in [0.4, 0.5) is 0 Å². The number of aryl methyl sites for hydroxylation is 4. The third-order valence-electron chi connectivity index (χ3n) is 9.95. The number of hydrogen-bond donors (Lipinski definition) is 1. The quantitative estimate of drug-likeness (QED) is 0.217. The Hall–Kier alpha value is -4.30. The van der Waals surface area contributed by atoms with E-state index in [2.05, 4.69) is 97.1 Å². The molecular weight excluding hydrogens is 559 g/mol. The van der Waals surface area contributed by atoms with Gasteiger partial charge in [-0.2, -0.15) is 0 Å². The summed E-state index contributed by atoms with van der Waals surface area (Å²) in [5.41, 5.74) is 11.5. The molecule has 0 atom stereocenters.